The van der Waals surface area contributed by atoms with Gasteiger partial charge in [-0.2, -0.15) is 0 Å². The Balaban J connectivity index is 0.00000144. The van der Waals surface area contributed by atoms with Crippen LogP contribution in [0.15, 0.2) is 12.3 Å². The lowest BCUT2D eigenvalue weighted by molar-refractivity contribution is 0.442. The van der Waals surface area contributed by atoms with Crippen LogP contribution in [-0.2, 0) is 0 Å². The molecule has 0 radical (unpaired) electrons. The first-order chi connectivity index (χ1) is 7.70. The predicted octanol–water partition coefficient (Wildman–Crippen LogP) is 2.05. The second kappa shape index (κ2) is 5.98. The summed E-state index contributed by atoms with van der Waals surface area (Å²) in [6.07, 6.45) is 4.45. The van der Waals surface area contributed by atoms with E-state index in [0.717, 1.165) is 18.8 Å². The first kappa shape index (κ1) is 13.9. The quantitative estimate of drug-likeness (QED) is 0.825. The van der Waals surface area contributed by atoms with Gasteiger partial charge in [0.2, 0.25) is 0 Å². The van der Waals surface area contributed by atoms with E-state index in [-0.39, 0.29) is 6.15 Å². The molecule has 0 saturated carbocycles. The van der Waals surface area contributed by atoms with Crippen LogP contribution in [0, 0.1) is 13.8 Å². The van der Waals surface area contributed by atoms with Crippen molar-refractivity contribution in [2.24, 2.45) is 0 Å². The number of rotatable bonds is 2. The number of aryl methyl sites for hydroxylation is 2. The van der Waals surface area contributed by atoms with Crippen molar-refractivity contribution < 1.29 is 0 Å². The van der Waals surface area contributed by atoms with Crippen LogP contribution in [0.1, 0.15) is 24.1 Å². The van der Waals surface area contributed by atoms with Gasteiger partial charge < -0.3 is 16.4 Å². The summed E-state index contributed by atoms with van der Waals surface area (Å²) in [5.74, 6) is 0. The molecule has 0 spiro atoms. The molecule has 0 unspecified atom stereocenters. The summed E-state index contributed by atoms with van der Waals surface area (Å²) in [4.78, 5) is 6.87. The fourth-order valence-corrected chi connectivity index (χ4v) is 2.23. The SMILES string of the molecule is CNC1CCN(c2cnc(C)c(C)c2)CC1.N. The van der Waals surface area contributed by atoms with Crippen LogP contribution in [0.4, 0.5) is 5.69 Å². The molecule has 4 heteroatoms. The number of nitrogens with one attached hydrogen (secondary N) is 1. The third kappa shape index (κ3) is 3.17. The molecular weight excluding hydrogens is 212 g/mol. The van der Waals surface area contributed by atoms with Crippen molar-refractivity contribution in [3.63, 3.8) is 0 Å². The number of pyridine rings is 1. The van der Waals surface area contributed by atoms with Gasteiger partial charge in [0, 0.05) is 24.8 Å². The monoisotopic (exact) mass is 236 g/mol. The zero-order valence-corrected chi connectivity index (χ0v) is 11.2. The second-order valence-corrected chi connectivity index (χ2v) is 4.65. The van der Waals surface area contributed by atoms with Crippen LogP contribution in [0.3, 0.4) is 0 Å². The summed E-state index contributed by atoms with van der Waals surface area (Å²) >= 11 is 0. The summed E-state index contributed by atoms with van der Waals surface area (Å²) in [6.45, 7) is 6.46. The molecular formula is C13H24N4. The van der Waals surface area contributed by atoms with Gasteiger partial charge in [-0.15, -0.1) is 0 Å². The van der Waals surface area contributed by atoms with Gasteiger partial charge in [0.15, 0.2) is 0 Å². The van der Waals surface area contributed by atoms with Gasteiger partial charge in [0.05, 0.1) is 11.9 Å². The first-order valence-corrected chi connectivity index (χ1v) is 6.06. The van der Waals surface area contributed by atoms with Crippen LogP contribution in [0.5, 0.6) is 0 Å². The Labute approximate surface area is 104 Å². The Morgan fingerprint density at radius 3 is 2.47 bits per heavy atom. The van der Waals surface area contributed by atoms with E-state index in [1.165, 1.54) is 24.1 Å². The van der Waals surface area contributed by atoms with E-state index in [1.807, 2.05) is 6.20 Å². The van der Waals surface area contributed by atoms with Crippen molar-refractivity contribution in [1.29, 1.82) is 0 Å². The van der Waals surface area contributed by atoms with Crippen LogP contribution in [-0.4, -0.2) is 31.2 Å². The van der Waals surface area contributed by atoms with Crippen molar-refractivity contribution in [1.82, 2.24) is 16.5 Å². The van der Waals surface area contributed by atoms with E-state index in [0.29, 0.717) is 6.04 Å². The van der Waals surface area contributed by atoms with E-state index < -0.39 is 0 Å². The lowest BCUT2D eigenvalue weighted by Crippen LogP contribution is -2.41. The maximum absolute atomic E-state index is 4.44. The highest BCUT2D eigenvalue weighted by Crippen LogP contribution is 2.20. The fraction of sp³-hybridized carbons (Fsp3) is 0.615. The zero-order valence-electron chi connectivity index (χ0n) is 11.2. The molecule has 17 heavy (non-hydrogen) atoms. The van der Waals surface area contributed by atoms with E-state index in [2.05, 4.69) is 42.2 Å². The van der Waals surface area contributed by atoms with Gasteiger partial charge >= 0.3 is 0 Å². The molecule has 2 heterocycles. The molecule has 4 N–H and O–H groups in total. The Bertz CT molecular complexity index is 356. The van der Waals surface area contributed by atoms with Crippen molar-refractivity contribution in [2.45, 2.75) is 32.7 Å². The normalized spacial score (nSPS) is 16.8. The van der Waals surface area contributed by atoms with Gasteiger partial charge in [0.1, 0.15) is 0 Å². The van der Waals surface area contributed by atoms with Gasteiger partial charge in [0.25, 0.3) is 0 Å². The molecule has 1 aliphatic heterocycles. The smallest absolute Gasteiger partial charge is 0.0555 e. The Hall–Kier alpha value is -1.13. The Kier molecular flexibility index (Phi) is 4.90. The summed E-state index contributed by atoms with van der Waals surface area (Å²) in [7, 11) is 2.05. The van der Waals surface area contributed by atoms with Crippen LogP contribution < -0.4 is 16.4 Å². The van der Waals surface area contributed by atoms with E-state index in [9.17, 15) is 0 Å². The summed E-state index contributed by atoms with van der Waals surface area (Å²) < 4.78 is 0. The Morgan fingerprint density at radius 2 is 1.94 bits per heavy atom. The molecule has 0 aromatic carbocycles. The van der Waals surface area contributed by atoms with Gasteiger partial charge in [-0.25, -0.2) is 0 Å². The highest BCUT2D eigenvalue weighted by molar-refractivity contribution is 5.47. The minimum atomic E-state index is 0. The van der Waals surface area contributed by atoms with Crippen molar-refractivity contribution in [3.8, 4) is 0 Å². The van der Waals surface area contributed by atoms with Crippen LogP contribution in [0.2, 0.25) is 0 Å². The maximum Gasteiger partial charge on any atom is 0.0555 e. The summed E-state index contributed by atoms with van der Waals surface area (Å²) in [5.41, 5.74) is 3.69. The third-order valence-electron chi connectivity index (χ3n) is 3.59. The maximum atomic E-state index is 4.44. The number of hydrogen-bond donors (Lipinski definition) is 2. The third-order valence-corrected chi connectivity index (χ3v) is 3.59. The largest absolute Gasteiger partial charge is 0.370 e. The average molecular weight is 236 g/mol. The number of piperidine rings is 1. The highest BCUT2D eigenvalue weighted by atomic mass is 15.1. The van der Waals surface area contributed by atoms with Gasteiger partial charge in [-0.3, -0.25) is 4.98 Å². The topological polar surface area (TPSA) is 63.2 Å². The number of hydrogen-bond acceptors (Lipinski definition) is 4. The van der Waals surface area contributed by atoms with E-state index in [1.54, 1.807) is 0 Å². The number of aromatic nitrogens is 1. The lowest BCUT2D eigenvalue weighted by Gasteiger charge is -2.33. The highest BCUT2D eigenvalue weighted by Gasteiger charge is 2.18. The van der Waals surface area contributed by atoms with Gasteiger partial charge in [-0.05, 0) is 45.4 Å². The minimum Gasteiger partial charge on any atom is -0.370 e. The summed E-state index contributed by atoms with van der Waals surface area (Å²) in [6, 6.07) is 2.94. The molecule has 4 nitrogen and oxygen atoms in total. The molecule has 0 amide bonds. The zero-order chi connectivity index (χ0) is 11.5. The van der Waals surface area contributed by atoms with Crippen molar-refractivity contribution >= 4 is 5.69 Å². The molecule has 2 rings (SSSR count). The van der Waals surface area contributed by atoms with Crippen LogP contribution in [0.25, 0.3) is 0 Å². The molecule has 1 aromatic heterocycles. The lowest BCUT2D eigenvalue weighted by atomic mass is 10.0. The molecule has 0 bridgehead atoms. The molecule has 1 aliphatic rings. The first-order valence-electron chi connectivity index (χ1n) is 6.06. The molecule has 1 aromatic rings. The molecule has 0 aliphatic carbocycles. The molecule has 0 atom stereocenters. The van der Waals surface area contributed by atoms with Crippen molar-refractivity contribution in [2.75, 3.05) is 25.0 Å². The molecule has 96 valence electrons. The Morgan fingerprint density at radius 1 is 1.29 bits per heavy atom. The fourth-order valence-electron chi connectivity index (χ4n) is 2.23. The standard InChI is InChI=1S/C13H21N3.H3N/c1-10-8-13(9-15-11(10)2)16-6-4-12(14-3)5-7-16;/h8-9,12,14H,4-7H2,1-3H3;1H3. The summed E-state index contributed by atoms with van der Waals surface area (Å²) in [5, 5.41) is 3.35. The van der Waals surface area contributed by atoms with Crippen molar-refractivity contribution in [3.05, 3.63) is 23.5 Å². The number of anilines is 1. The average Bonchev–Trinajstić information content (AvgIpc) is 2.33. The molecule has 1 fully saturated rings. The predicted molar refractivity (Wildman–Crippen MR) is 73.0 cm³/mol. The second-order valence-electron chi connectivity index (χ2n) is 4.65. The van der Waals surface area contributed by atoms with E-state index >= 15 is 0 Å². The molecule has 1 saturated heterocycles. The van der Waals surface area contributed by atoms with Crippen LogP contribution >= 0.6 is 0 Å². The van der Waals surface area contributed by atoms with Gasteiger partial charge in [-0.1, -0.05) is 0 Å². The number of nitrogens with zero attached hydrogens (tertiary/aromatic N) is 2. The van der Waals surface area contributed by atoms with E-state index in [4.69, 9.17) is 0 Å². The minimum absolute atomic E-state index is 0.